The van der Waals surface area contributed by atoms with Crippen molar-refractivity contribution < 1.29 is 4.79 Å². The van der Waals surface area contributed by atoms with Crippen molar-refractivity contribution in [3.8, 4) is 0 Å². The molecule has 1 aliphatic heterocycles. The molecule has 13 heavy (non-hydrogen) atoms. The predicted octanol–water partition coefficient (Wildman–Crippen LogP) is 2.07. The van der Waals surface area contributed by atoms with Crippen molar-refractivity contribution >= 4 is 17.2 Å². The van der Waals surface area contributed by atoms with E-state index in [-0.39, 0.29) is 5.91 Å². The highest BCUT2D eigenvalue weighted by molar-refractivity contribution is 6.32. The van der Waals surface area contributed by atoms with Gasteiger partial charge in [-0.3, -0.25) is 4.79 Å². The minimum atomic E-state index is 0.0868. The van der Waals surface area contributed by atoms with Crippen LogP contribution in [0.15, 0.2) is 30.3 Å². The van der Waals surface area contributed by atoms with Gasteiger partial charge in [-0.05, 0) is 13.0 Å². The van der Waals surface area contributed by atoms with Crippen LogP contribution in [0.1, 0.15) is 12.5 Å². The van der Waals surface area contributed by atoms with Crippen LogP contribution in [0.25, 0.3) is 5.57 Å². The van der Waals surface area contributed by atoms with E-state index in [2.05, 4.69) is 0 Å². The number of fused-ring (bicyclic) bond motifs is 1. The van der Waals surface area contributed by atoms with E-state index in [1.807, 2.05) is 37.3 Å². The van der Waals surface area contributed by atoms with Crippen LogP contribution in [-0.4, -0.2) is 13.0 Å². The Kier molecular flexibility index (Phi) is 1.69. The Morgan fingerprint density at radius 2 is 2.00 bits per heavy atom. The second-order valence-electron chi connectivity index (χ2n) is 3.08. The lowest BCUT2D eigenvalue weighted by Crippen LogP contribution is -2.20. The third-order valence-electron chi connectivity index (χ3n) is 2.38. The third-order valence-corrected chi connectivity index (χ3v) is 2.38. The second-order valence-corrected chi connectivity index (χ2v) is 3.08. The number of likely N-dealkylation sites (N-methyl/N-ethyl adjacent to an activating group) is 1. The molecule has 66 valence electrons. The molecule has 0 spiro atoms. The standard InChI is InChI=1S/C11H11NO/c1-3-8-9-6-4-5-7-10(9)12(2)11(8)13/h3-7H,1-2H3. The number of hydrogen-bond acceptors (Lipinski definition) is 1. The summed E-state index contributed by atoms with van der Waals surface area (Å²) < 4.78 is 0. The summed E-state index contributed by atoms with van der Waals surface area (Å²) in [6.45, 7) is 1.89. The molecular formula is C11H11NO. The van der Waals surface area contributed by atoms with Crippen molar-refractivity contribution in [1.82, 2.24) is 0 Å². The summed E-state index contributed by atoms with van der Waals surface area (Å²) in [5.74, 6) is 0.0868. The van der Waals surface area contributed by atoms with Crippen LogP contribution >= 0.6 is 0 Å². The summed E-state index contributed by atoms with van der Waals surface area (Å²) in [6.07, 6.45) is 1.87. The Balaban J connectivity index is 2.67. The minimum absolute atomic E-state index is 0.0868. The Labute approximate surface area is 77.5 Å². The topological polar surface area (TPSA) is 20.3 Å². The monoisotopic (exact) mass is 173 g/mol. The van der Waals surface area contributed by atoms with E-state index >= 15 is 0 Å². The Bertz CT molecular complexity index is 393. The van der Waals surface area contributed by atoms with Crippen molar-refractivity contribution in [2.75, 3.05) is 11.9 Å². The van der Waals surface area contributed by atoms with Gasteiger partial charge in [0.25, 0.3) is 5.91 Å². The van der Waals surface area contributed by atoms with Gasteiger partial charge in [0.1, 0.15) is 0 Å². The highest BCUT2D eigenvalue weighted by atomic mass is 16.2. The summed E-state index contributed by atoms with van der Waals surface area (Å²) >= 11 is 0. The maximum absolute atomic E-state index is 11.7. The molecule has 0 N–H and O–H groups in total. The van der Waals surface area contributed by atoms with Crippen LogP contribution in [-0.2, 0) is 4.79 Å². The molecule has 0 bridgehead atoms. The molecule has 2 nitrogen and oxygen atoms in total. The fourth-order valence-corrected chi connectivity index (χ4v) is 1.68. The number of nitrogens with zero attached hydrogens (tertiary/aromatic N) is 1. The lowest BCUT2D eigenvalue weighted by Gasteiger charge is -2.07. The van der Waals surface area contributed by atoms with Crippen LogP contribution in [0.5, 0.6) is 0 Å². The van der Waals surface area contributed by atoms with Crippen LogP contribution in [0.2, 0.25) is 0 Å². The number of amides is 1. The predicted molar refractivity (Wildman–Crippen MR) is 53.5 cm³/mol. The van der Waals surface area contributed by atoms with Crippen molar-refractivity contribution in [3.05, 3.63) is 35.9 Å². The molecule has 1 aromatic carbocycles. The SMILES string of the molecule is CC=C1C(=O)N(C)c2ccccc21. The zero-order valence-electron chi connectivity index (χ0n) is 7.74. The molecule has 0 fully saturated rings. The molecule has 1 aliphatic rings. The number of rotatable bonds is 0. The molecule has 0 saturated carbocycles. The van der Waals surface area contributed by atoms with Gasteiger partial charge in [0, 0.05) is 18.2 Å². The summed E-state index contributed by atoms with van der Waals surface area (Å²) in [4.78, 5) is 13.3. The molecule has 0 aromatic heterocycles. The summed E-state index contributed by atoms with van der Waals surface area (Å²) in [7, 11) is 1.80. The highest BCUT2D eigenvalue weighted by Crippen LogP contribution is 2.34. The second kappa shape index (κ2) is 2.73. The first-order chi connectivity index (χ1) is 6.25. The zero-order chi connectivity index (χ0) is 9.42. The average molecular weight is 173 g/mol. The number of hydrogen-bond donors (Lipinski definition) is 0. The molecule has 1 amide bonds. The molecular weight excluding hydrogens is 162 g/mol. The minimum Gasteiger partial charge on any atom is -0.311 e. The molecule has 1 aromatic rings. The van der Waals surface area contributed by atoms with E-state index in [1.165, 1.54) is 0 Å². The van der Waals surface area contributed by atoms with Gasteiger partial charge in [-0.1, -0.05) is 24.3 Å². The van der Waals surface area contributed by atoms with Gasteiger partial charge in [-0.15, -0.1) is 0 Å². The van der Waals surface area contributed by atoms with Gasteiger partial charge in [0.05, 0.1) is 5.69 Å². The van der Waals surface area contributed by atoms with Crippen LogP contribution in [0, 0.1) is 0 Å². The van der Waals surface area contributed by atoms with E-state index in [0.717, 1.165) is 16.8 Å². The number of allylic oxidation sites excluding steroid dienone is 1. The quantitative estimate of drug-likeness (QED) is 0.550. The maximum atomic E-state index is 11.7. The molecule has 0 unspecified atom stereocenters. The number of carbonyl (C=O) groups is 1. The lowest BCUT2D eigenvalue weighted by molar-refractivity contribution is -0.112. The van der Waals surface area contributed by atoms with Crippen molar-refractivity contribution in [1.29, 1.82) is 0 Å². The average Bonchev–Trinajstić information content (AvgIpc) is 2.41. The lowest BCUT2D eigenvalue weighted by atomic mass is 10.1. The highest BCUT2D eigenvalue weighted by Gasteiger charge is 2.27. The molecule has 0 saturated heterocycles. The first-order valence-corrected chi connectivity index (χ1v) is 4.29. The fraction of sp³-hybridized carbons (Fsp3) is 0.182. The molecule has 2 heteroatoms. The number of benzene rings is 1. The summed E-state index contributed by atoms with van der Waals surface area (Å²) in [5.41, 5.74) is 2.84. The van der Waals surface area contributed by atoms with Crippen molar-refractivity contribution in [2.24, 2.45) is 0 Å². The molecule has 0 aliphatic carbocycles. The number of anilines is 1. The zero-order valence-corrected chi connectivity index (χ0v) is 7.74. The third kappa shape index (κ3) is 0.985. The smallest absolute Gasteiger partial charge is 0.258 e. The van der Waals surface area contributed by atoms with Gasteiger partial charge in [-0.2, -0.15) is 0 Å². The molecule has 2 rings (SSSR count). The molecule has 0 radical (unpaired) electrons. The number of para-hydroxylation sites is 1. The van der Waals surface area contributed by atoms with Crippen LogP contribution in [0.4, 0.5) is 5.69 Å². The summed E-state index contributed by atoms with van der Waals surface area (Å²) in [6, 6.07) is 7.84. The van der Waals surface area contributed by atoms with E-state index < -0.39 is 0 Å². The van der Waals surface area contributed by atoms with E-state index in [0.29, 0.717) is 0 Å². The maximum Gasteiger partial charge on any atom is 0.258 e. The molecule has 0 atom stereocenters. The van der Waals surface area contributed by atoms with Gasteiger partial charge >= 0.3 is 0 Å². The first-order valence-electron chi connectivity index (χ1n) is 4.29. The Hall–Kier alpha value is -1.57. The number of carbonyl (C=O) groups excluding carboxylic acids is 1. The Morgan fingerprint density at radius 3 is 2.69 bits per heavy atom. The van der Waals surface area contributed by atoms with E-state index in [1.54, 1.807) is 11.9 Å². The first kappa shape index (κ1) is 8.05. The largest absolute Gasteiger partial charge is 0.311 e. The van der Waals surface area contributed by atoms with E-state index in [9.17, 15) is 4.79 Å². The van der Waals surface area contributed by atoms with Gasteiger partial charge < -0.3 is 4.90 Å². The van der Waals surface area contributed by atoms with Gasteiger partial charge in [0.2, 0.25) is 0 Å². The normalized spacial score (nSPS) is 18.2. The Morgan fingerprint density at radius 1 is 1.31 bits per heavy atom. The van der Waals surface area contributed by atoms with Gasteiger partial charge in [0.15, 0.2) is 0 Å². The van der Waals surface area contributed by atoms with E-state index in [4.69, 9.17) is 0 Å². The van der Waals surface area contributed by atoms with Crippen molar-refractivity contribution in [2.45, 2.75) is 6.92 Å². The van der Waals surface area contributed by atoms with Crippen LogP contribution in [0.3, 0.4) is 0 Å². The van der Waals surface area contributed by atoms with Crippen molar-refractivity contribution in [3.63, 3.8) is 0 Å². The van der Waals surface area contributed by atoms with Gasteiger partial charge in [-0.25, -0.2) is 0 Å². The molecule has 1 heterocycles. The fourth-order valence-electron chi connectivity index (χ4n) is 1.68. The van der Waals surface area contributed by atoms with Crippen LogP contribution < -0.4 is 4.90 Å². The summed E-state index contributed by atoms with van der Waals surface area (Å²) in [5, 5.41) is 0.